The van der Waals surface area contributed by atoms with Crippen LogP contribution in [0.3, 0.4) is 0 Å². The first-order chi connectivity index (χ1) is 10.8. The van der Waals surface area contributed by atoms with Crippen molar-refractivity contribution >= 4 is 32.8 Å². The summed E-state index contributed by atoms with van der Waals surface area (Å²) in [5.41, 5.74) is 12.6. The molecule has 2 aromatic heterocycles. The van der Waals surface area contributed by atoms with Crippen LogP contribution < -0.4 is 11.5 Å². The van der Waals surface area contributed by atoms with Crippen molar-refractivity contribution in [1.82, 2.24) is 19.5 Å². The Labute approximate surface area is 133 Å². The minimum absolute atomic E-state index is 0.000878. The molecule has 0 spiro atoms. The maximum atomic E-state index is 12.6. The minimum atomic E-state index is -3.48. The van der Waals surface area contributed by atoms with E-state index in [-0.39, 0.29) is 16.7 Å². The van der Waals surface area contributed by atoms with Gasteiger partial charge in [-0.1, -0.05) is 12.1 Å². The van der Waals surface area contributed by atoms with Crippen LogP contribution >= 0.6 is 0 Å². The van der Waals surface area contributed by atoms with Crippen LogP contribution in [-0.2, 0) is 9.84 Å². The fourth-order valence-electron chi connectivity index (χ4n) is 2.27. The number of nitrogens with two attached hydrogens (primary N) is 2. The molecule has 4 N–H and O–H groups in total. The lowest BCUT2D eigenvalue weighted by molar-refractivity contribution is 0.587. The number of anilines is 2. The molecule has 0 bridgehead atoms. The molecule has 120 valence electrons. The molecule has 0 radical (unpaired) electrons. The number of benzene rings is 1. The largest absolute Gasteiger partial charge is 0.382 e. The molecule has 9 heteroatoms. The zero-order valence-electron chi connectivity index (χ0n) is 12.6. The topological polar surface area (TPSA) is 130 Å². The first-order valence-corrected chi connectivity index (χ1v) is 8.46. The lowest BCUT2D eigenvalue weighted by atomic mass is 10.3. The Morgan fingerprint density at radius 2 is 1.83 bits per heavy atom. The lowest BCUT2D eigenvalue weighted by Gasteiger charge is -2.13. The molecular weight excluding hydrogens is 316 g/mol. The zero-order valence-corrected chi connectivity index (χ0v) is 13.4. The van der Waals surface area contributed by atoms with Crippen molar-refractivity contribution in [2.75, 3.05) is 11.5 Å². The summed E-state index contributed by atoms with van der Waals surface area (Å²) in [6.45, 7) is 3.27. The molecule has 0 unspecified atom stereocenters. The number of hydrogen-bond donors (Lipinski definition) is 2. The van der Waals surface area contributed by atoms with Crippen LogP contribution in [0, 0.1) is 0 Å². The van der Waals surface area contributed by atoms with E-state index in [0.29, 0.717) is 16.9 Å². The van der Waals surface area contributed by atoms with Crippen LogP contribution in [0.5, 0.6) is 0 Å². The van der Waals surface area contributed by atoms with Gasteiger partial charge in [-0.25, -0.2) is 13.4 Å². The zero-order chi connectivity index (χ0) is 16.8. The highest BCUT2D eigenvalue weighted by Crippen LogP contribution is 2.27. The van der Waals surface area contributed by atoms with Crippen LogP contribution in [0.2, 0.25) is 0 Å². The van der Waals surface area contributed by atoms with Crippen molar-refractivity contribution in [2.45, 2.75) is 24.0 Å². The van der Waals surface area contributed by atoms with E-state index in [1.54, 1.807) is 42.7 Å². The van der Waals surface area contributed by atoms with Crippen LogP contribution in [-0.4, -0.2) is 33.2 Å². The van der Waals surface area contributed by atoms with Gasteiger partial charge in [-0.2, -0.15) is 9.97 Å². The average Bonchev–Trinajstić information content (AvgIpc) is 2.91. The third-order valence-corrected chi connectivity index (χ3v) is 5.69. The first-order valence-electron chi connectivity index (χ1n) is 6.91. The van der Waals surface area contributed by atoms with E-state index in [1.807, 2.05) is 0 Å². The van der Waals surface area contributed by atoms with Gasteiger partial charge in [0.15, 0.2) is 26.8 Å². The highest BCUT2D eigenvalue weighted by atomic mass is 32.2. The van der Waals surface area contributed by atoms with Gasteiger partial charge >= 0.3 is 0 Å². The van der Waals surface area contributed by atoms with E-state index in [9.17, 15) is 8.42 Å². The third kappa shape index (κ3) is 2.38. The number of imidazole rings is 1. The molecule has 3 rings (SSSR count). The van der Waals surface area contributed by atoms with E-state index >= 15 is 0 Å². The Balaban J connectivity index is 2.34. The van der Waals surface area contributed by atoms with Gasteiger partial charge in [-0.3, -0.25) is 4.57 Å². The van der Waals surface area contributed by atoms with Crippen molar-refractivity contribution < 1.29 is 8.42 Å². The molecular formula is C14H16N6O2S. The second-order valence-corrected chi connectivity index (χ2v) is 7.79. The van der Waals surface area contributed by atoms with Crippen molar-refractivity contribution in [2.24, 2.45) is 0 Å². The van der Waals surface area contributed by atoms with Crippen LogP contribution in [0.25, 0.3) is 16.9 Å². The van der Waals surface area contributed by atoms with Crippen LogP contribution in [0.15, 0.2) is 35.5 Å². The number of nitrogens with zero attached hydrogens (tertiary/aromatic N) is 4. The van der Waals surface area contributed by atoms with Crippen molar-refractivity contribution in [1.29, 1.82) is 0 Å². The lowest BCUT2D eigenvalue weighted by Crippen LogP contribution is -2.16. The standard InChI is InChI=1S/C14H16N6O2S/c1-8(2)23(21,22)10-6-4-3-5-9(10)20-7-17-11-12(15)18-14(16)19-13(11)20/h3-8H,1-2H3,(H4,15,16,18,19). The maximum Gasteiger partial charge on any atom is 0.224 e. The Kier molecular flexibility index (Phi) is 3.44. The van der Waals surface area contributed by atoms with Gasteiger partial charge in [-0.15, -0.1) is 0 Å². The van der Waals surface area contributed by atoms with Crippen molar-refractivity contribution in [3.63, 3.8) is 0 Å². The molecule has 0 aliphatic heterocycles. The summed E-state index contributed by atoms with van der Waals surface area (Å²) in [6.07, 6.45) is 1.46. The molecule has 8 nitrogen and oxygen atoms in total. The molecule has 1 aromatic carbocycles. The predicted octanol–water partition coefficient (Wildman–Crippen LogP) is 1.16. The van der Waals surface area contributed by atoms with E-state index in [0.717, 1.165) is 0 Å². The van der Waals surface area contributed by atoms with Gasteiger partial charge < -0.3 is 11.5 Å². The summed E-state index contributed by atoms with van der Waals surface area (Å²) in [7, 11) is -3.48. The van der Waals surface area contributed by atoms with Gasteiger partial charge in [0.05, 0.1) is 15.8 Å². The number of nitrogen functional groups attached to an aromatic ring is 2. The molecule has 0 amide bonds. The third-order valence-electron chi connectivity index (χ3n) is 3.49. The normalized spacial score (nSPS) is 12.1. The predicted molar refractivity (Wildman–Crippen MR) is 87.8 cm³/mol. The minimum Gasteiger partial charge on any atom is -0.382 e. The summed E-state index contributed by atoms with van der Waals surface area (Å²) in [4.78, 5) is 12.4. The number of hydrogen-bond acceptors (Lipinski definition) is 7. The van der Waals surface area contributed by atoms with E-state index in [4.69, 9.17) is 11.5 Å². The van der Waals surface area contributed by atoms with Crippen LogP contribution in [0.4, 0.5) is 11.8 Å². The van der Waals surface area contributed by atoms with E-state index in [2.05, 4.69) is 15.0 Å². The van der Waals surface area contributed by atoms with Gasteiger partial charge in [0.1, 0.15) is 6.33 Å². The highest BCUT2D eigenvalue weighted by molar-refractivity contribution is 7.92. The molecule has 0 saturated carbocycles. The van der Waals surface area contributed by atoms with Crippen molar-refractivity contribution in [3.05, 3.63) is 30.6 Å². The molecule has 0 aliphatic carbocycles. The van der Waals surface area contributed by atoms with Gasteiger partial charge in [-0.05, 0) is 26.0 Å². The summed E-state index contributed by atoms with van der Waals surface area (Å²) < 4.78 is 26.8. The van der Waals surface area contributed by atoms with Gasteiger partial charge in [0, 0.05) is 0 Å². The van der Waals surface area contributed by atoms with E-state index in [1.165, 1.54) is 6.33 Å². The average molecular weight is 332 g/mol. The molecule has 3 aromatic rings. The number of para-hydroxylation sites is 1. The quantitative estimate of drug-likeness (QED) is 0.736. The van der Waals surface area contributed by atoms with E-state index < -0.39 is 15.1 Å². The Bertz CT molecular complexity index is 994. The second kappa shape index (κ2) is 5.20. The Morgan fingerprint density at radius 3 is 2.52 bits per heavy atom. The molecule has 0 atom stereocenters. The van der Waals surface area contributed by atoms with Crippen molar-refractivity contribution in [3.8, 4) is 5.69 Å². The summed E-state index contributed by atoms with van der Waals surface area (Å²) in [6, 6.07) is 6.67. The molecule has 0 saturated heterocycles. The maximum absolute atomic E-state index is 12.6. The summed E-state index contributed by atoms with van der Waals surface area (Å²) >= 11 is 0. The number of sulfone groups is 1. The monoisotopic (exact) mass is 332 g/mol. The Morgan fingerprint density at radius 1 is 1.13 bits per heavy atom. The molecule has 0 aliphatic rings. The fourth-order valence-corrected chi connectivity index (χ4v) is 3.50. The Hall–Kier alpha value is -2.68. The van der Waals surface area contributed by atoms with Crippen LogP contribution in [0.1, 0.15) is 13.8 Å². The summed E-state index contributed by atoms with van der Waals surface area (Å²) in [5, 5.41) is -0.553. The number of fused-ring (bicyclic) bond motifs is 1. The number of rotatable bonds is 3. The fraction of sp³-hybridized carbons (Fsp3) is 0.214. The second-order valence-electron chi connectivity index (χ2n) is 5.32. The SMILES string of the molecule is CC(C)S(=O)(=O)c1ccccc1-n1cnc2c(N)nc(N)nc21. The van der Waals surface area contributed by atoms with Gasteiger partial charge in [0.2, 0.25) is 5.95 Å². The molecule has 2 heterocycles. The molecule has 23 heavy (non-hydrogen) atoms. The van der Waals surface area contributed by atoms with Gasteiger partial charge in [0.25, 0.3) is 0 Å². The first kappa shape index (κ1) is 15.2. The smallest absolute Gasteiger partial charge is 0.224 e. The summed E-state index contributed by atoms with van der Waals surface area (Å²) in [5.74, 6) is 0.149. The molecule has 0 fully saturated rings. The highest BCUT2D eigenvalue weighted by Gasteiger charge is 2.24. The number of aromatic nitrogens is 4.